The fourth-order valence-corrected chi connectivity index (χ4v) is 1.25. The summed E-state index contributed by atoms with van der Waals surface area (Å²) in [6.45, 7) is 2.70. The highest BCUT2D eigenvalue weighted by atomic mass is 16.7. The van der Waals surface area contributed by atoms with Crippen LogP contribution in [0, 0.1) is 0 Å². The zero-order chi connectivity index (χ0) is 6.16. The van der Waals surface area contributed by atoms with Gasteiger partial charge in [0.25, 0.3) is 0 Å². The Labute approximate surface area is 53.9 Å². The molecule has 0 bridgehead atoms. The van der Waals surface area contributed by atoms with Crippen LogP contribution >= 0.6 is 0 Å². The third-order valence-corrected chi connectivity index (χ3v) is 1.88. The van der Waals surface area contributed by atoms with Gasteiger partial charge in [0.05, 0.1) is 13.2 Å². The summed E-state index contributed by atoms with van der Waals surface area (Å²) in [6.07, 6.45) is 0.993. The number of rotatable bonds is 0. The molecule has 2 fully saturated rings. The summed E-state index contributed by atoms with van der Waals surface area (Å²) in [5.74, 6) is 0. The fraction of sp³-hybridized carbons (Fsp3) is 1.00. The first-order chi connectivity index (χ1) is 4.41. The lowest BCUT2D eigenvalue weighted by atomic mass is 10.1. The van der Waals surface area contributed by atoms with Crippen LogP contribution in [0.5, 0.6) is 0 Å². The molecular formula is C6H10O3. The van der Waals surface area contributed by atoms with Crippen molar-refractivity contribution in [1.29, 1.82) is 0 Å². The molecule has 0 saturated carbocycles. The normalized spacial score (nSPS) is 42.7. The summed E-state index contributed by atoms with van der Waals surface area (Å²) in [4.78, 5) is 0. The molecule has 1 unspecified atom stereocenters. The van der Waals surface area contributed by atoms with E-state index in [0.29, 0.717) is 20.0 Å². The molecule has 2 saturated heterocycles. The Morgan fingerprint density at radius 2 is 2.00 bits per heavy atom. The van der Waals surface area contributed by atoms with Gasteiger partial charge in [0, 0.05) is 13.0 Å². The molecule has 0 aromatic rings. The molecule has 2 rings (SSSR count). The molecule has 0 aromatic heterocycles. The van der Waals surface area contributed by atoms with Gasteiger partial charge in [-0.1, -0.05) is 0 Å². The maximum absolute atomic E-state index is 5.35. The Kier molecular flexibility index (Phi) is 1.22. The van der Waals surface area contributed by atoms with Gasteiger partial charge in [-0.2, -0.15) is 0 Å². The molecule has 2 aliphatic rings. The summed E-state index contributed by atoms with van der Waals surface area (Å²) in [7, 11) is 0. The standard InChI is InChI=1S/C6H10O3/c1-2-7-3-6(1)4-8-5-9-6/h1-5H2. The summed E-state index contributed by atoms with van der Waals surface area (Å²) >= 11 is 0. The van der Waals surface area contributed by atoms with Gasteiger partial charge in [0.1, 0.15) is 12.4 Å². The lowest BCUT2D eigenvalue weighted by Gasteiger charge is -2.15. The van der Waals surface area contributed by atoms with Crippen molar-refractivity contribution in [3.63, 3.8) is 0 Å². The first-order valence-electron chi connectivity index (χ1n) is 3.21. The van der Waals surface area contributed by atoms with Gasteiger partial charge in [-0.15, -0.1) is 0 Å². The molecule has 0 amide bonds. The lowest BCUT2D eigenvalue weighted by Crippen LogP contribution is -2.31. The van der Waals surface area contributed by atoms with Crippen molar-refractivity contribution in [2.24, 2.45) is 0 Å². The van der Waals surface area contributed by atoms with E-state index in [1.54, 1.807) is 0 Å². The third-order valence-electron chi connectivity index (χ3n) is 1.88. The molecule has 0 aliphatic carbocycles. The minimum Gasteiger partial charge on any atom is -0.378 e. The van der Waals surface area contributed by atoms with E-state index < -0.39 is 0 Å². The summed E-state index contributed by atoms with van der Waals surface area (Å²) < 4.78 is 15.6. The molecule has 2 heterocycles. The molecule has 0 radical (unpaired) electrons. The molecule has 0 N–H and O–H groups in total. The maximum atomic E-state index is 5.35. The molecule has 3 heteroatoms. The first kappa shape index (κ1) is 5.65. The average Bonchev–Trinajstić information content (AvgIpc) is 2.45. The van der Waals surface area contributed by atoms with E-state index in [1.165, 1.54) is 0 Å². The van der Waals surface area contributed by atoms with Crippen LogP contribution in [0.2, 0.25) is 0 Å². The van der Waals surface area contributed by atoms with Gasteiger partial charge in [0.15, 0.2) is 0 Å². The first-order valence-corrected chi connectivity index (χ1v) is 3.21. The Hall–Kier alpha value is -0.120. The van der Waals surface area contributed by atoms with E-state index in [9.17, 15) is 0 Å². The van der Waals surface area contributed by atoms with Crippen LogP contribution < -0.4 is 0 Å². The second kappa shape index (κ2) is 1.94. The smallest absolute Gasteiger partial charge is 0.147 e. The molecule has 1 spiro atoms. The van der Waals surface area contributed by atoms with Crippen molar-refractivity contribution in [2.75, 3.05) is 26.6 Å². The van der Waals surface area contributed by atoms with E-state index >= 15 is 0 Å². The largest absolute Gasteiger partial charge is 0.378 e. The summed E-state index contributed by atoms with van der Waals surface area (Å²) in [6, 6.07) is 0. The van der Waals surface area contributed by atoms with Gasteiger partial charge in [-0.05, 0) is 0 Å². The maximum Gasteiger partial charge on any atom is 0.147 e. The minimum absolute atomic E-state index is 0.0556. The third kappa shape index (κ3) is 0.852. The highest BCUT2D eigenvalue weighted by molar-refractivity contribution is 4.86. The Bertz CT molecular complexity index is 83.4. The molecule has 52 valence electrons. The second-order valence-corrected chi connectivity index (χ2v) is 2.60. The molecule has 2 aliphatic heterocycles. The molecule has 9 heavy (non-hydrogen) atoms. The monoisotopic (exact) mass is 130 g/mol. The van der Waals surface area contributed by atoms with Crippen LogP contribution in [0.25, 0.3) is 0 Å². The van der Waals surface area contributed by atoms with Crippen molar-refractivity contribution in [3.8, 4) is 0 Å². The molecule has 3 nitrogen and oxygen atoms in total. The van der Waals surface area contributed by atoms with E-state index in [2.05, 4.69) is 0 Å². The topological polar surface area (TPSA) is 27.7 Å². The molecule has 1 atom stereocenters. The Morgan fingerprint density at radius 3 is 2.56 bits per heavy atom. The SMILES string of the molecule is C1CC2(CO1)COCO2. The number of ether oxygens (including phenoxy) is 3. The Balaban J connectivity index is 2.04. The number of hydrogen-bond acceptors (Lipinski definition) is 3. The van der Waals surface area contributed by atoms with Gasteiger partial charge in [-0.3, -0.25) is 0 Å². The highest BCUT2D eigenvalue weighted by Gasteiger charge is 2.39. The predicted octanol–water partition coefficient (Wildman–Crippen LogP) is 0.150. The van der Waals surface area contributed by atoms with Crippen LogP contribution in [-0.4, -0.2) is 32.2 Å². The van der Waals surface area contributed by atoms with E-state index in [-0.39, 0.29) is 5.60 Å². The fourth-order valence-electron chi connectivity index (χ4n) is 1.25. The van der Waals surface area contributed by atoms with E-state index in [1.807, 2.05) is 0 Å². The van der Waals surface area contributed by atoms with Crippen LogP contribution in [0.3, 0.4) is 0 Å². The average molecular weight is 130 g/mol. The van der Waals surface area contributed by atoms with Gasteiger partial charge in [0.2, 0.25) is 0 Å². The van der Waals surface area contributed by atoms with Crippen molar-refractivity contribution in [1.82, 2.24) is 0 Å². The van der Waals surface area contributed by atoms with E-state index in [4.69, 9.17) is 14.2 Å². The van der Waals surface area contributed by atoms with Crippen LogP contribution in [0.15, 0.2) is 0 Å². The quantitative estimate of drug-likeness (QED) is 0.467. The van der Waals surface area contributed by atoms with Crippen molar-refractivity contribution in [2.45, 2.75) is 12.0 Å². The van der Waals surface area contributed by atoms with Crippen LogP contribution in [0.4, 0.5) is 0 Å². The predicted molar refractivity (Wildman–Crippen MR) is 30.1 cm³/mol. The summed E-state index contributed by atoms with van der Waals surface area (Å²) in [5, 5.41) is 0. The zero-order valence-electron chi connectivity index (χ0n) is 5.26. The van der Waals surface area contributed by atoms with Gasteiger partial charge < -0.3 is 14.2 Å². The lowest BCUT2D eigenvalue weighted by molar-refractivity contribution is -0.0130. The van der Waals surface area contributed by atoms with Gasteiger partial charge in [-0.25, -0.2) is 0 Å². The van der Waals surface area contributed by atoms with Crippen molar-refractivity contribution < 1.29 is 14.2 Å². The van der Waals surface area contributed by atoms with Crippen LogP contribution in [0.1, 0.15) is 6.42 Å². The van der Waals surface area contributed by atoms with E-state index in [0.717, 1.165) is 13.0 Å². The van der Waals surface area contributed by atoms with Crippen molar-refractivity contribution in [3.05, 3.63) is 0 Å². The van der Waals surface area contributed by atoms with Crippen molar-refractivity contribution >= 4 is 0 Å². The highest BCUT2D eigenvalue weighted by Crippen LogP contribution is 2.27. The molecular weight excluding hydrogens is 120 g/mol. The summed E-state index contributed by atoms with van der Waals surface area (Å²) in [5.41, 5.74) is -0.0556. The number of hydrogen-bond donors (Lipinski definition) is 0. The van der Waals surface area contributed by atoms with Gasteiger partial charge >= 0.3 is 0 Å². The molecule has 0 aromatic carbocycles. The minimum atomic E-state index is -0.0556. The van der Waals surface area contributed by atoms with Crippen LogP contribution in [-0.2, 0) is 14.2 Å². The zero-order valence-corrected chi connectivity index (χ0v) is 5.26. The second-order valence-electron chi connectivity index (χ2n) is 2.60. The Morgan fingerprint density at radius 1 is 1.11 bits per heavy atom.